The van der Waals surface area contributed by atoms with E-state index in [4.69, 9.17) is 5.26 Å². The second kappa shape index (κ2) is 8.89. The number of benzene rings is 1. The van der Waals surface area contributed by atoms with E-state index in [1.54, 1.807) is 24.3 Å². The smallest absolute Gasteiger partial charge is 0.251 e. The first-order chi connectivity index (χ1) is 9.29. The molecule has 0 bridgehead atoms. The van der Waals surface area contributed by atoms with Gasteiger partial charge in [0.2, 0.25) is 0 Å². The summed E-state index contributed by atoms with van der Waals surface area (Å²) < 4.78 is 0. The Bertz CT molecular complexity index is 461. The molecule has 1 N–H and O–H groups in total. The third kappa shape index (κ3) is 5.07. The van der Waals surface area contributed by atoms with Crippen molar-refractivity contribution in [3.05, 3.63) is 40.7 Å². The molecule has 0 aliphatic carbocycles. The molecule has 106 valence electrons. The Balaban J connectivity index is 0.00000200. The molecule has 0 radical (unpaired) electrons. The zero-order valence-electron chi connectivity index (χ0n) is 11.3. The number of piperidine rings is 1. The van der Waals surface area contributed by atoms with Crippen LogP contribution < -0.4 is 5.32 Å². The molecule has 0 unspecified atom stereocenters. The summed E-state index contributed by atoms with van der Waals surface area (Å²) in [6.07, 6.45) is 3.32. The molecule has 0 spiro atoms. The molecule has 1 heterocycles. The molecule has 5 heteroatoms. The largest absolute Gasteiger partial charge is 0.662 e. The van der Waals surface area contributed by atoms with E-state index in [1.807, 2.05) is 6.07 Å². The minimum atomic E-state index is -0.0648. The van der Waals surface area contributed by atoms with Crippen molar-refractivity contribution in [3.8, 4) is 6.07 Å². The second-order valence-corrected chi connectivity index (χ2v) is 4.85. The van der Waals surface area contributed by atoms with Gasteiger partial charge in [-0.2, -0.15) is 5.26 Å². The van der Waals surface area contributed by atoms with E-state index in [9.17, 15) is 4.79 Å². The first kappa shape index (κ1) is 16.9. The van der Waals surface area contributed by atoms with Crippen molar-refractivity contribution in [2.45, 2.75) is 19.3 Å². The molecular weight excluding hydrogens is 422 g/mol. The summed E-state index contributed by atoms with van der Waals surface area (Å²) in [5, 5.41) is 15.9. The first-order valence-electron chi connectivity index (χ1n) is 6.71. The Morgan fingerprint density at radius 1 is 1.30 bits per heavy atom. The van der Waals surface area contributed by atoms with Gasteiger partial charge in [0.25, 0.3) is 5.91 Å². The van der Waals surface area contributed by atoms with Crippen LogP contribution in [-0.2, 0) is 21.1 Å². The van der Waals surface area contributed by atoms with E-state index in [0.717, 1.165) is 32.4 Å². The molecule has 1 aliphatic rings. The maximum atomic E-state index is 11.9. The number of amides is 1. The summed E-state index contributed by atoms with van der Waals surface area (Å²) in [5.74, 6) is 0.628. The van der Waals surface area contributed by atoms with E-state index in [0.29, 0.717) is 23.6 Å². The fraction of sp³-hybridized carbons (Fsp3) is 0.467. The molecule has 0 aromatic heterocycles. The molecule has 1 saturated heterocycles. The van der Waals surface area contributed by atoms with Gasteiger partial charge < -0.3 is 10.6 Å². The summed E-state index contributed by atoms with van der Waals surface area (Å²) in [6.45, 7) is 2.64. The van der Waals surface area contributed by atoms with Crippen LogP contribution in [0, 0.1) is 17.2 Å². The number of nitrogens with one attached hydrogen (secondary N) is 1. The maximum absolute atomic E-state index is 11.9. The summed E-state index contributed by atoms with van der Waals surface area (Å²) in [6, 6.07) is 8.74. The van der Waals surface area contributed by atoms with Crippen LogP contribution in [0.3, 0.4) is 0 Å². The van der Waals surface area contributed by atoms with E-state index in [2.05, 4.69) is 10.6 Å². The first-order valence-corrected chi connectivity index (χ1v) is 6.71. The van der Waals surface area contributed by atoms with E-state index < -0.39 is 0 Å². The average Bonchev–Trinajstić information content (AvgIpc) is 2.48. The van der Waals surface area contributed by atoms with Crippen LogP contribution >= 0.6 is 0 Å². The number of carbonyl (C=O) groups is 1. The summed E-state index contributed by atoms with van der Waals surface area (Å²) in [7, 11) is 0. The fourth-order valence-corrected chi connectivity index (χ4v) is 2.28. The van der Waals surface area contributed by atoms with Gasteiger partial charge in [0, 0.05) is 33.2 Å². The van der Waals surface area contributed by atoms with Gasteiger partial charge in [-0.1, -0.05) is 12.8 Å². The van der Waals surface area contributed by atoms with E-state index in [1.165, 1.54) is 0 Å². The monoisotopic (exact) mass is 440 g/mol. The molecule has 20 heavy (non-hydrogen) atoms. The van der Waals surface area contributed by atoms with Gasteiger partial charge in [-0.05, 0) is 36.6 Å². The third-order valence-corrected chi connectivity index (χ3v) is 3.51. The normalized spacial score (nSPS) is 14.9. The number of hydrogen-bond acceptors (Lipinski definition) is 2. The Kier molecular flexibility index (Phi) is 7.51. The maximum Gasteiger partial charge on any atom is 0.251 e. The molecule has 1 fully saturated rings. The van der Waals surface area contributed by atoms with Crippen molar-refractivity contribution < 1.29 is 25.9 Å². The fourth-order valence-electron chi connectivity index (χ4n) is 2.28. The van der Waals surface area contributed by atoms with Crippen LogP contribution in [0.4, 0.5) is 0 Å². The molecule has 4 nitrogen and oxygen atoms in total. The SMILES string of the molecule is N#Cc1ccc(C(=O)NCCC2CC[N-]CC2)cc1.[W]. The Morgan fingerprint density at radius 2 is 1.95 bits per heavy atom. The van der Waals surface area contributed by atoms with Crippen molar-refractivity contribution >= 4 is 5.91 Å². The standard InChI is InChI=1S/C15H18N3O.W/c16-11-13-1-3-14(4-2-13)15(19)18-10-7-12-5-8-17-9-6-12;/h1-4,12H,5-10H2,(H,18,19);/q-1;. The molecular formula is C15H18N3OW-. The molecule has 1 amide bonds. The Labute approximate surface area is 134 Å². The molecule has 2 rings (SSSR count). The Hall–Kier alpha value is -1.17. The number of hydrogen-bond donors (Lipinski definition) is 1. The van der Waals surface area contributed by atoms with Crippen LogP contribution in [0.2, 0.25) is 0 Å². The average molecular weight is 440 g/mol. The van der Waals surface area contributed by atoms with Gasteiger partial charge in [-0.15, -0.1) is 13.1 Å². The van der Waals surface area contributed by atoms with E-state index in [-0.39, 0.29) is 27.0 Å². The van der Waals surface area contributed by atoms with Crippen LogP contribution in [0.5, 0.6) is 0 Å². The zero-order valence-corrected chi connectivity index (χ0v) is 14.3. The minimum absolute atomic E-state index is 0. The number of carbonyl (C=O) groups excluding carboxylic acids is 1. The van der Waals surface area contributed by atoms with Gasteiger partial charge in [-0.3, -0.25) is 4.79 Å². The predicted octanol–water partition coefficient (Wildman–Crippen LogP) is 2.46. The second-order valence-electron chi connectivity index (χ2n) is 4.85. The molecule has 0 saturated carbocycles. The van der Waals surface area contributed by atoms with Crippen LogP contribution in [0.15, 0.2) is 24.3 Å². The number of nitriles is 1. The van der Waals surface area contributed by atoms with Crippen molar-refractivity contribution in [2.24, 2.45) is 5.92 Å². The van der Waals surface area contributed by atoms with Crippen molar-refractivity contribution in [1.29, 1.82) is 5.26 Å². The van der Waals surface area contributed by atoms with Crippen LogP contribution in [-0.4, -0.2) is 25.5 Å². The van der Waals surface area contributed by atoms with Crippen LogP contribution in [0.1, 0.15) is 35.2 Å². The summed E-state index contributed by atoms with van der Waals surface area (Å²) in [5.41, 5.74) is 1.18. The predicted molar refractivity (Wildman–Crippen MR) is 73.9 cm³/mol. The van der Waals surface area contributed by atoms with Gasteiger partial charge in [-0.25, -0.2) is 0 Å². The van der Waals surface area contributed by atoms with Gasteiger partial charge in [0.1, 0.15) is 0 Å². The van der Waals surface area contributed by atoms with Crippen molar-refractivity contribution in [2.75, 3.05) is 19.6 Å². The van der Waals surface area contributed by atoms with Crippen LogP contribution in [0.25, 0.3) is 5.32 Å². The van der Waals surface area contributed by atoms with Gasteiger partial charge in [0.05, 0.1) is 11.6 Å². The van der Waals surface area contributed by atoms with E-state index >= 15 is 0 Å². The number of nitrogens with zero attached hydrogens (tertiary/aromatic N) is 2. The minimum Gasteiger partial charge on any atom is -0.662 e. The number of rotatable bonds is 4. The Morgan fingerprint density at radius 3 is 2.55 bits per heavy atom. The van der Waals surface area contributed by atoms with Gasteiger partial charge in [0.15, 0.2) is 0 Å². The quantitative estimate of drug-likeness (QED) is 0.782. The summed E-state index contributed by atoms with van der Waals surface area (Å²) >= 11 is 0. The zero-order chi connectivity index (χ0) is 13.5. The third-order valence-electron chi connectivity index (χ3n) is 3.51. The summed E-state index contributed by atoms with van der Waals surface area (Å²) in [4.78, 5) is 11.9. The molecule has 1 aromatic rings. The topological polar surface area (TPSA) is 67.0 Å². The van der Waals surface area contributed by atoms with Gasteiger partial charge >= 0.3 is 0 Å². The van der Waals surface area contributed by atoms with Crippen molar-refractivity contribution in [1.82, 2.24) is 5.32 Å². The molecule has 1 aliphatic heterocycles. The molecule has 1 aromatic carbocycles. The van der Waals surface area contributed by atoms with Crippen molar-refractivity contribution in [3.63, 3.8) is 0 Å². The molecule has 0 atom stereocenters.